The first-order valence-corrected chi connectivity index (χ1v) is 10.9. The van der Waals surface area contributed by atoms with Gasteiger partial charge in [0.1, 0.15) is 5.60 Å². The number of primary sulfonamides is 1. The van der Waals surface area contributed by atoms with Crippen molar-refractivity contribution < 1.29 is 17.9 Å². The number of unbranched alkanes of at least 4 members (excludes halogenated alkanes) is 1. The van der Waals surface area contributed by atoms with E-state index in [0.717, 1.165) is 25.7 Å². The Morgan fingerprint density at radius 2 is 2.04 bits per heavy atom. The topological polar surface area (TPSA) is 108 Å². The zero-order valence-electron chi connectivity index (χ0n) is 16.9. The molecule has 1 aromatic heterocycles. The number of nitrogens with zero attached hydrogens (tertiary/aromatic N) is 3. The fourth-order valence-corrected chi connectivity index (χ4v) is 4.01. The summed E-state index contributed by atoms with van der Waals surface area (Å²) in [6, 6.07) is 1.41. The summed E-state index contributed by atoms with van der Waals surface area (Å²) in [6.07, 6.45) is 5.20. The molecule has 2 rings (SSSR count). The van der Waals surface area contributed by atoms with Crippen LogP contribution in [0.2, 0.25) is 0 Å². The maximum atomic E-state index is 12.5. The molecule has 0 spiro atoms. The van der Waals surface area contributed by atoms with E-state index in [4.69, 9.17) is 9.88 Å². The van der Waals surface area contributed by atoms with Gasteiger partial charge in [0.05, 0.1) is 0 Å². The van der Waals surface area contributed by atoms with Crippen molar-refractivity contribution in [2.24, 2.45) is 11.1 Å². The van der Waals surface area contributed by atoms with E-state index in [0.29, 0.717) is 19.0 Å². The Kier molecular flexibility index (Phi) is 6.26. The predicted molar refractivity (Wildman–Crippen MR) is 103 cm³/mol. The average Bonchev–Trinajstić information content (AvgIpc) is 3.05. The Labute approximate surface area is 162 Å². The van der Waals surface area contributed by atoms with Crippen LogP contribution in [0.15, 0.2) is 17.3 Å². The van der Waals surface area contributed by atoms with E-state index >= 15 is 0 Å². The van der Waals surface area contributed by atoms with Crippen molar-refractivity contribution in [3.05, 3.63) is 12.3 Å². The van der Waals surface area contributed by atoms with Crippen LogP contribution in [0.1, 0.15) is 60.3 Å². The third kappa shape index (κ3) is 6.21. The predicted octanol–water partition coefficient (Wildman–Crippen LogP) is 2.74. The Morgan fingerprint density at radius 1 is 1.37 bits per heavy atom. The van der Waals surface area contributed by atoms with Gasteiger partial charge >= 0.3 is 6.09 Å². The molecule has 0 saturated carbocycles. The van der Waals surface area contributed by atoms with Crippen LogP contribution in [0.25, 0.3) is 0 Å². The molecule has 9 heteroatoms. The lowest BCUT2D eigenvalue weighted by molar-refractivity contribution is 0.0131. The molecule has 0 bridgehead atoms. The second kappa shape index (κ2) is 7.79. The van der Waals surface area contributed by atoms with Gasteiger partial charge < -0.3 is 9.64 Å². The second-order valence-electron chi connectivity index (χ2n) is 8.93. The highest BCUT2D eigenvalue weighted by Crippen LogP contribution is 2.36. The Balaban J connectivity index is 1.80. The molecule has 154 valence electrons. The fraction of sp³-hybridized carbons (Fsp3) is 0.778. The number of aromatic nitrogens is 2. The molecule has 0 radical (unpaired) electrons. The number of hydrogen-bond donors (Lipinski definition) is 1. The third-order valence-electron chi connectivity index (χ3n) is 4.73. The van der Waals surface area contributed by atoms with Crippen LogP contribution in [0.4, 0.5) is 4.79 Å². The van der Waals surface area contributed by atoms with E-state index in [2.05, 4.69) is 18.9 Å². The lowest BCUT2D eigenvalue weighted by Gasteiger charge is -2.33. The van der Waals surface area contributed by atoms with Crippen molar-refractivity contribution >= 4 is 16.1 Å². The maximum Gasteiger partial charge on any atom is 0.410 e. The van der Waals surface area contributed by atoms with Gasteiger partial charge in [0.2, 0.25) is 0 Å². The Morgan fingerprint density at radius 3 is 2.59 bits per heavy atom. The average molecular weight is 401 g/mol. The summed E-state index contributed by atoms with van der Waals surface area (Å²) in [5, 5.41) is 8.94. The normalized spacial score (nSPS) is 20.1. The molecule has 1 fully saturated rings. The highest BCUT2D eigenvalue weighted by atomic mass is 32.2. The van der Waals surface area contributed by atoms with Crippen LogP contribution in [-0.4, -0.2) is 46.9 Å². The monoisotopic (exact) mass is 400 g/mol. The van der Waals surface area contributed by atoms with Gasteiger partial charge in [0.15, 0.2) is 5.03 Å². The molecule has 0 unspecified atom stereocenters. The van der Waals surface area contributed by atoms with Gasteiger partial charge in [0, 0.05) is 24.8 Å². The molecular formula is C18H32N4O4S. The number of carbonyl (C=O) groups excluding carboxylic acids is 1. The van der Waals surface area contributed by atoms with Gasteiger partial charge in [-0.3, -0.25) is 4.68 Å². The lowest BCUT2D eigenvalue weighted by Crippen LogP contribution is -2.45. The van der Waals surface area contributed by atoms with E-state index < -0.39 is 15.6 Å². The van der Waals surface area contributed by atoms with Crippen molar-refractivity contribution in [1.29, 1.82) is 0 Å². The summed E-state index contributed by atoms with van der Waals surface area (Å²) in [7, 11) is -3.75. The van der Waals surface area contributed by atoms with Gasteiger partial charge in [-0.05, 0) is 65.9 Å². The molecule has 1 aliphatic heterocycles. The molecule has 8 nitrogen and oxygen atoms in total. The summed E-state index contributed by atoms with van der Waals surface area (Å²) in [4.78, 5) is 14.3. The van der Waals surface area contributed by atoms with Crippen LogP contribution in [0, 0.1) is 5.92 Å². The van der Waals surface area contributed by atoms with Gasteiger partial charge in [-0.15, -0.1) is 0 Å². The van der Waals surface area contributed by atoms with Crippen LogP contribution in [-0.2, 0) is 21.3 Å². The maximum absolute atomic E-state index is 12.5. The zero-order valence-corrected chi connectivity index (χ0v) is 17.8. The number of carbonyl (C=O) groups is 1. The molecular weight excluding hydrogens is 368 g/mol. The molecule has 1 aliphatic rings. The largest absolute Gasteiger partial charge is 0.444 e. The molecule has 1 atom stereocenters. The summed E-state index contributed by atoms with van der Waals surface area (Å²) >= 11 is 0. The molecule has 1 saturated heterocycles. The number of aryl methyl sites for hydroxylation is 1. The highest BCUT2D eigenvalue weighted by molar-refractivity contribution is 7.89. The number of likely N-dealkylation sites (tertiary alicyclic amines) is 1. The van der Waals surface area contributed by atoms with Gasteiger partial charge in [-0.1, -0.05) is 6.42 Å². The first-order chi connectivity index (χ1) is 12.3. The highest BCUT2D eigenvalue weighted by Gasteiger charge is 2.42. The van der Waals surface area contributed by atoms with Crippen molar-refractivity contribution in [2.45, 2.75) is 83.0 Å². The number of amides is 1. The molecule has 1 aromatic rings. The number of hydrogen-bond acceptors (Lipinski definition) is 5. The van der Waals surface area contributed by atoms with Gasteiger partial charge in [-0.25, -0.2) is 18.4 Å². The lowest BCUT2D eigenvalue weighted by atomic mass is 9.93. The van der Waals surface area contributed by atoms with Crippen molar-refractivity contribution in [3.63, 3.8) is 0 Å². The van der Waals surface area contributed by atoms with Crippen LogP contribution < -0.4 is 5.14 Å². The van der Waals surface area contributed by atoms with E-state index in [-0.39, 0.29) is 16.7 Å². The first-order valence-electron chi connectivity index (χ1n) is 9.35. The van der Waals surface area contributed by atoms with Crippen molar-refractivity contribution in [1.82, 2.24) is 14.7 Å². The first kappa shape index (κ1) is 21.7. The summed E-state index contributed by atoms with van der Waals surface area (Å²) in [6.45, 7) is 11.1. The second-order valence-corrected chi connectivity index (χ2v) is 10.4. The molecule has 0 aromatic carbocycles. The van der Waals surface area contributed by atoms with E-state index in [1.165, 1.54) is 6.07 Å². The Bertz CT molecular complexity index is 765. The molecule has 1 amide bonds. The fourth-order valence-electron chi connectivity index (χ4n) is 3.54. The molecule has 2 N–H and O–H groups in total. The SMILES string of the molecule is CC(C)(C)OC(=O)N1C[C@@H](CCCCn2ccc(S(N)(=O)=O)n2)CC1(C)C. The minimum absolute atomic E-state index is 0.104. The zero-order chi connectivity index (χ0) is 20.5. The number of rotatable bonds is 6. The third-order valence-corrected chi connectivity index (χ3v) is 5.53. The molecule has 0 aliphatic carbocycles. The number of sulfonamides is 1. The summed E-state index contributed by atoms with van der Waals surface area (Å²) < 4.78 is 29.6. The number of ether oxygens (including phenoxy) is 1. The van der Waals surface area contributed by atoms with Crippen molar-refractivity contribution in [3.8, 4) is 0 Å². The van der Waals surface area contributed by atoms with Crippen LogP contribution in [0.5, 0.6) is 0 Å². The quantitative estimate of drug-likeness (QED) is 0.739. The van der Waals surface area contributed by atoms with E-state index in [1.54, 1.807) is 10.9 Å². The smallest absolute Gasteiger partial charge is 0.410 e. The molecule has 27 heavy (non-hydrogen) atoms. The van der Waals surface area contributed by atoms with Crippen LogP contribution >= 0.6 is 0 Å². The minimum atomic E-state index is -3.75. The Hall–Kier alpha value is -1.61. The summed E-state index contributed by atoms with van der Waals surface area (Å²) in [5.41, 5.74) is -0.704. The minimum Gasteiger partial charge on any atom is -0.444 e. The number of nitrogens with two attached hydrogens (primary N) is 1. The standard InChI is InChI=1S/C18H32N4O4S/c1-17(2,3)26-16(23)22-13-14(12-18(22,4)5)8-6-7-10-21-11-9-15(20-21)27(19,24)25/h9,11,14H,6-8,10,12-13H2,1-5H3,(H2,19,24,25)/t14-/m0/s1. The van der Waals surface area contributed by atoms with E-state index in [1.807, 2.05) is 25.7 Å². The van der Waals surface area contributed by atoms with Gasteiger partial charge in [-0.2, -0.15) is 5.10 Å². The van der Waals surface area contributed by atoms with Gasteiger partial charge in [0.25, 0.3) is 10.0 Å². The van der Waals surface area contributed by atoms with E-state index in [9.17, 15) is 13.2 Å². The molecule has 2 heterocycles. The van der Waals surface area contributed by atoms with Crippen LogP contribution in [0.3, 0.4) is 0 Å². The van der Waals surface area contributed by atoms with Crippen molar-refractivity contribution in [2.75, 3.05) is 6.54 Å². The summed E-state index contributed by atoms with van der Waals surface area (Å²) in [5.74, 6) is 0.435.